The molecular weight excluding hydrogens is 640 g/mol. The topological polar surface area (TPSA) is 127 Å². The van der Waals surface area contributed by atoms with Crippen LogP contribution >= 0.6 is 22.9 Å². The second-order valence-corrected chi connectivity index (χ2v) is 12.3. The fourth-order valence-corrected chi connectivity index (χ4v) is 6.91. The average molecular weight is 661 g/mol. The standard InChI is InChI=1S/C25H21ClF4N6O5S2/c26-23-32-12-20-21(33-23)34-24(42-20)35-9-10-36(43(38,39)18-7-5-17(6-8-18)41-25(28,29)30)19(13-35)22(37)31-11-15-1-3-16(4-2-15)40-14-27/h1-8,12,19H,9-11,13-14H2,(H,31,37)/t19-/m1/s1. The predicted octanol–water partition coefficient (Wildman–Crippen LogP) is 4.14. The molecule has 0 saturated carbocycles. The zero-order valence-corrected chi connectivity index (χ0v) is 24.2. The molecule has 5 rings (SSSR count). The van der Waals surface area contributed by atoms with Crippen molar-refractivity contribution in [2.24, 2.45) is 0 Å². The van der Waals surface area contributed by atoms with Crippen molar-refractivity contribution in [3.8, 4) is 11.5 Å². The number of nitrogens with zero attached hydrogens (tertiary/aromatic N) is 5. The molecule has 0 unspecified atom stereocenters. The number of hydrogen-bond acceptors (Lipinski definition) is 10. The third-order valence-electron chi connectivity index (χ3n) is 6.29. The SMILES string of the molecule is O=C(NCc1ccc(OCF)cc1)[C@H]1CN(c2nc3nc(Cl)ncc3s2)CCN1S(=O)(=O)c1ccc(OC(F)(F)F)cc1. The number of alkyl halides is 4. The quantitative estimate of drug-likeness (QED) is 0.208. The molecule has 1 amide bonds. The van der Waals surface area contributed by atoms with E-state index in [0.29, 0.717) is 26.8 Å². The smallest absolute Gasteiger partial charge is 0.463 e. The Morgan fingerprint density at radius 3 is 2.44 bits per heavy atom. The van der Waals surface area contributed by atoms with Crippen molar-refractivity contribution in [1.82, 2.24) is 24.6 Å². The summed E-state index contributed by atoms with van der Waals surface area (Å²) in [5.41, 5.74) is 0.987. The number of ether oxygens (including phenoxy) is 2. The van der Waals surface area contributed by atoms with Gasteiger partial charge in [0.25, 0.3) is 0 Å². The molecule has 0 bridgehead atoms. The van der Waals surface area contributed by atoms with Gasteiger partial charge in [0.2, 0.25) is 28.1 Å². The van der Waals surface area contributed by atoms with Crippen molar-refractivity contribution >= 4 is 54.3 Å². The van der Waals surface area contributed by atoms with E-state index < -0.39 is 40.9 Å². The number of rotatable bonds is 9. The normalized spacial score (nSPS) is 16.3. The highest BCUT2D eigenvalue weighted by Crippen LogP contribution is 2.32. The van der Waals surface area contributed by atoms with Gasteiger partial charge in [-0.15, -0.1) is 13.2 Å². The van der Waals surface area contributed by atoms with Crippen molar-refractivity contribution in [3.05, 3.63) is 65.6 Å². The average Bonchev–Trinajstić information content (AvgIpc) is 3.39. The molecule has 18 heteroatoms. The minimum atomic E-state index is -4.95. The summed E-state index contributed by atoms with van der Waals surface area (Å²) >= 11 is 7.11. The fourth-order valence-electron chi connectivity index (χ4n) is 4.30. The lowest BCUT2D eigenvalue weighted by molar-refractivity contribution is -0.274. The first-order valence-electron chi connectivity index (χ1n) is 12.4. The van der Waals surface area contributed by atoms with Gasteiger partial charge in [0.05, 0.1) is 15.8 Å². The van der Waals surface area contributed by atoms with Crippen LogP contribution in [0.25, 0.3) is 10.3 Å². The van der Waals surface area contributed by atoms with Gasteiger partial charge in [-0.05, 0) is 53.6 Å². The highest BCUT2D eigenvalue weighted by molar-refractivity contribution is 7.89. The highest BCUT2D eigenvalue weighted by Gasteiger charge is 2.41. The molecule has 1 N–H and O–H groups in total. The first-order chi connectivity index (χ1) is 20.4. The number of carbonyl (C=O) groups is 1. The largest absolute Gasteiger partial charge is 0.573 e. The van der Waals surface area contributed by atoms with Gasteiger partial charge in [-0.25, -0.2) is 17.8 Å². The Kier molecular flexibility index (Phi) is 8.86. The van der Waals surface area contributed by atoms with E-state index in [-0.39, 0.29) is 36.4 Å². The van der Waals surface area contributed by atoms with E-state index >= 15 is 0 Å². The fraction of sp³-hybridized carbons (Fsp3) is 0.280. The summed E-state index contributed by atoms with van der Waals surface area (Å²) in [6, 6.07) is 8.76. The van der Waals surface area contributed by atoms with Crippen LogP contribution in [0.4, 0.5) is 22.7 Å². The molecule has 2 aromatic heterocycles. The van der Waals surface area contributed by atoms with Crippen molar-refractivity contribution in [2.75, 3.05) is 31.4 Å². The summed E-state index contributed by atoms with van der Waals surface area (Å²) < 4.78 is 87.7. The van der Waals surface area contributed by atoms with Crippen molar-refractivity contribution < 1.29 is 40.2 Å². The maximum atomic E-state index is 13.7. The van der Waals surface area contributed by atoms with Gasteiger partial charge in [-0.2, -0.15) is 14.3 Å². The Morgan fingerprint density at radius 1 is 1.07 bits per heavy atom. The number of aromatic nitrogens is 3. The maximum Gasteiger partial charge on any atom is 0.573 e. The molecular formula is C25H21ClF4N6O5S2. The Bertz CT molecular complexity index is 1710. The van der Waals surface area contributed by atoms with Gasteiger partial charge in [0, 0.05) is 26.2 Å². The number of carbonyl (C=O) groups excluding carboxylic acids is 1. The van der Waals surface area contributed by atoms with E-state index in [9.17, 15) is 30.8 Å². The van der Waals surface area contributed by atoms with E-state index in [1.165, 1.54) is 29.7 Å². The number of nitrogens with one attached hydrogen (secondary N) is 1. The summed E-state index contributed by atoms with van der Waals surface area (Å²) in [6.45, 7) is -1.05. The van der Waals surface area contributed by atoms with Crippen LogP contribution in [0.3, 0.4) is 0 Å². The van der Waals surface area contributed by atoms with Gasteiger partial charge >= 0.3 is 6.36 Å². The molecule has 1 saturated heterocycles. The zero-order chi connectivity index (χ0) is 30.8. The summed E-state index contributed by atoms with van der Waals surface area (Å²) in [7, 11) is -4.35. The van der Waals surface area contributed by atoms with E-state index in [4.69, 9.17) is 16.3 Å². The summed E-state index contributed by atoms with van der Waals surface area (Å²) in [5.74, 6) is -0.919. The molecule has 3 heterocycles. The molecule has 228 valence electrons. The summed E-state index contributed by atoms with van der Waals surface area (Å²) in [4.78, 5) is 27.4. The van der Waals surface area contributed by atoms with Crippen LogP contribution in [0.15, 0.2) is 59.6 Å². The first kappa shape index (κ1) is 30.7. The molecule has 0 aliphatic carbocycles. The lowest BCUT2D eigenvalue weighted by Gasteiger charge is -2.39. The highest BCUT2D eigenvalue weighted by atomic mass is 35.5. The minimum Gasteiger partial charge on any atom is -0.463 e. The first-order valence-corrected chi connectivity index (χ1v) is 15.0. The molecule has 2 aromatic carbocycles. The van der Waals surface area contributed by atoms with Gasteiger partial charge in [0.1, 0.15) is 17.5 Å². The second kappa shape index (κ2) is 12.4. The molecule has 1 fully saturated rings. The maximum absolute atomic E-state index is 13.7. The van der Waals surface area contributed by atoms with Crippen LogP contribution in [0.1, 0.15) is 5.56 Å². The molecule has 1 aliphatic heterocycles. The third kappa shape index (κ3) is 7.23. The number of anilines is 1. The van der Waals surface area contributed by atoms with E-state index in [0.717, 1.165) is 28.6 Å². The summed E-state index contributed by atoms with van der Waals surface area (Å²) in [6.07, 6.45) is -3.44. The summed E-state index contributed by atoms with van der Waals surface area (Å²) in [5, 5.41) is 3.20. The number of thiazole rings is 1. The Labute approximate surface area is 251 Å². The van der Waals surface area contributed by atoms with Crippen LogP contribution in [0, 0.1) is 0 Å². The number of benzene rings is 2. The van der Waals surface area contributed by atoms with Crippen molar-refractivity contribution in [3.63, 3.8) is 0 Å². The number of halogens is 5. The molecule has 11 nitrogen and oxygen atoms in total. The Morgan fingerprint density at radius 2 is 1.77 bits per heavy atom. The van der Waals surface area contributed by atoms with Gasteiger partial charge in [-0.3, -0.25) is 4.79 Å². The van der Waals surface area contributed by atoms with E-state index in [1.807, 2.05) is 0 Å². The predicted molar refractivity (Wildman–Crippen MR) is 148 cm³/mol. The second-order valence-electron chi connectivity index (χ2n) is 9.04. The van der Waals surface area contributed by atoms with Gasteiger partial charge in [0.15, 0.2) is 10.8 Å². The molecule has 43 heavy (non-hydrogen) atoms. The lowest BCUT2D eigenvalue weighted by atomic mass is 10.2. The van der Waals surface area contributed by atoms with Gasteiger partial charge in [-0.1, -0.05) is 23.5 Å². The Hall–Kier alpha value is -3.80. The zero-order valence-electron chi connectivity index (χ0n) is 21.8. The monoisotopic (exact) mass is 660 g/mol. The van der Waals surface area contributed by atoms with Crippen LogP contribution in [-0.2, 0) is 21.4 Å². The number of fused-ring (bicyclic) bond motifs is 1. The van der Waals surface area contributed by atoms with Crippen LogP contribution in [0.2, 0.25) is 5.28 Å². The van der Waals surface area contributed by atoms with Crippen LogP contribution in [-0.4, -0.2) is 72.5 Å². The number of sulfonamides is 1. The van der Waals surface area contributed by atoms with Gasteiger partial charge < -0.3 is 19.7 Å². The van der Waals surface area contributed by atoms with Crippen LogP contribution < -0.4 is 19.7 Å². The van der Waals surface area contributed by atoms with Crippen molar-refractivity contribution in [2.45, 2.75) is 23.8 Å². The number of hydrogen-bond donors (Lipinski definition) is 1. The number of piperazine rings is 1. The molecule has 0 spiro atoms. The van der Waals surface area contributed by atoms with Crippen molar-refractivity contribution in [1.29, 1.82) is 0 Å². The number of amides is 1. The Balaban J connectivity index is 1.39. The molecule has 1 atom stereocenters. The molecule has 4 aromatic rings. The molecule has 1 aliphatic rings. The lowest BCUT2D eigenvalue weighted by Crippen LogP contribution is -2.60. The third-order valence-corrected chi connectivity index (χ3v) is 9.43. The van der Waals surface area contributed by atoms with E-state index in [2.05, 4.69) is 25.0 Å². The van der Waals surface area contributed by atoms with Crippen LogP contribution in [0.5, 0.6) is 11.5 Å². The minimum absolute atomic E-state index is 0.00783. The molecule has 0 radical (unpaired) electrons. The van der Waals surface area contributed by atoms with E-state index in [1.54, 1.807) is 17.0 Å².